The molecule has 0 heterocycles. The lowest BCUT2D eigenvalue weighted by atomic mass is 10.2. The molecule has 0 aliphatic carbocycles. The monoisotopic (exact) mass is 334 g/mol. The van der Waals surface area contributed by atoms with E-state index in [1.165, 1.54) is 4.31 Å². The Kier molecular flexibility index (Phi) is 6.89. The van der Waals surface area contributed by atoms with E-state index in [2.05, 4.69) is 5.32 Å². The molecule has 0 fully saturated rings. The lowest BCUT2D eigenvalue weighted by molar-refractivity contribution is -0.116. The highest BCUT2D eigenvalue weighted by atomic mass is 32.2. The molecule has 22 heavy (non-hydrogen) atoms. The van der Waals surface area contributed by atoms with Gasteiger partial charge in [0.1, 0.15) is 11.6 Å². The summed E-state index contributed by atoms with van der Waals surface area (Å²) in [5, 5.41) is 2.30. The molecule has 5 nitrogen and oxygen atoms in total. The van der Waals surface area contributed by atoms with Gasteiger partial charge in [0.15, 0.2) is 0 Å². The summed E-state index contributed by atoms with van der Waals surface area (Å²) in [4.78, 5) is 11.8. The average molecular weight is 334 g/mol. The van der Waals surface area contributed by atoms with E-state index in [0.717, 1.165) is 24.8 Å². The van der Waals surface area contributed by atoms with Crippen molar-refractivity contribution in [2.45, 2.75) is 26.2 Å². The second-order valence-corrected chi connectivity index (χ2v) is 6.92. The van der Waals surface area contributed by atoms with Gasteiger partial charge in [0.25, 0.3) is 0 Å². The second kappa shape index (κ2) is 8.19. The smallest absolute Gasteiger partial charge is 0.225 e. The summed E-state index contributed by atoms with van der Waals surface area (Å²) in [6.07, 6.45) is 2.51. The largest absolute Gasteiger partial charge is 0.324 e. The minimum atomic E-state index is -3.39. The third-order valence-corrected chi connectivity index (χ3v) is 4.33. The Hall–Kier alpha value is -1.54. The number of amides is 1. The molecule has 1 aromatic rings. The van der Waals surface area contributed by atoms with Crippen LogP contribution in [0.15, 0.2) is 18.2 Å². The van der Waals surface area contributed by atoms with Gasteiger partial charge < -0.3 is 5.32 Å². The highest BCUT2D eigenvalue weighted by molar-refractivity contribution is 7.88. The summed E-state index contributed by atoms with van der Waals surface area (Å²) >= 11 is 0. The van der Waals surface area contributed by atoms with Crippen LogP contribution in [0.2, 0.25) is 0 Å². The number of halogens is 2. The van der Waals surface area contributed by atoms with Crippen LogP contribution in [-0.2, 0) is 14.8 Å². The molecule has 0 radical (unpaired) electrons. The lowest BCUT2D eigenvalue weighted by Crippen LogP contribution is -2.33. The van der Waals surface area contributed by atoms with Crippen LogP contribution in [0, 0.1) is 11.6 Å². The molecule has 0 spiro atoms. The minimum Gasteiger partial charge on any atom is -0.324 e. The van der Waals surface area contributed by atoms with Crippen LogP contribution in [0.3, 0.4) is 0 Å². The highest BCUT2D eigenvalue weighted by Gasteiger charge is 2.17. The second-order valence-electron chi connectivity index (χ2n) is 4.94. The van der Waals surface area contributed by atoms with Crippen molar-refractivity contribution < 1.29 is 22.0 Å². The molecule has 0 bridgehead atoms. The van der Waals surface area contributed by atoms with Gasteiger partial charge in [-0.1, -0.05) is 13.3 Å². The molecule has 0 unspecified atom stereocenters. The van der Waals surface area contributed by atoms with Crippen molar-refractivity contribution in [3.8, 4) is 0 Å². The van der Waals surface area contributed by atoms with Gasteiger partial charge >= 0.3 is 0 Å². The first kappa shape index (κ1) is 18.5. The van der Waals surface area contributed by atoms with Crippen molar-refractivity contribution in [1.29, 1.82) is 0 Å². The average Bonchev–Trinajstić information content (AvgIpc) is 2.40. The van der Waals surface area contributed by atoms with Gasteiger partial charge in [-0.3, -0.25) is 4.79 Å². The summed E-state index contributed by atoms with van der Waals surface area (Å²) in [7, 11) is -3.39. The Morgan fingerprint density at radius 3 is 2.50 bits per heavy atom. The normalized spacial score (nSPS) is 11.7. The van der Waals surface area contributed by atoms with Crippen LogP contribution in [-0.4, -0.2) is 38.0 Å². The zero-order valence-electron chi connectivity index (χ0n) is 12.6. The van der Waals surface area contributed by atoms with E-state index >= 15 is 0 Å². The number of benzene rings is 1. The van der Waals surface area contributed by atoms with Crippen LogP contribution >= 0.6 is 0 Å². The lowest BCUT2D eigenvalue weighted by Gasteiger charge is -2.19. The molecule has 1 rings (SSSR count). The van der Waals surface area contributed by atoms with E-state index in [1.807, 2.05) is 6.92 Å². The number of anilines is 1. The summed E-state index contributed by atoms with van der Waals surface area (Å²) in [5.41, 5.74) is -0.133. The maximum Gasteiger partial charge on any atom is 0.225 e. The fourth-order valence-corrected chi connectivity index (χ4v) is 2.69. The Bertz CT molecular complexity index is 621. The first-order valence-corrected chi connectivity index (χ1v) is 8.79. The number of sulfonamides is 1. The Morgan fingerprint density at radius 2 is 1.95 bits per heavy atom. The molecule has 0 aliphatic heterocycles. The maximum atomic E-state index is 13.4. The van der Waals surface area contributed by atoms with Crippen molar-refractivity contribution >= 4 is 21.6 Å². The molecular weight excluding hydrogens is 314 g/mol. The first-order valence-electron chi connectivity index (χ1n) is 6.94. The summed E-state index contributed by atoms with van der Waals surface area (Å²) < 4.78 is 50.6. The highest BCUT2D eigenvalue weighted by Crippen LogP contribution is 2.15. The summed E-state index contributed by atoms with van der Waals surface area (Å²) in [5.74, 6) is -2.15. The number of carbonyl (C=O) groups excluding carboxylic acids is 1. The number of hydrogen-bond acceptors (Lipinski definition) is 3. The molecule has 1 N–H and O–H groups in total. The van der Waals surface area contributed by atoms with E-state index in [-0.39, 0.29) is 18.7 Å². The van der Waals surface area contributed by atoms with Crippen molar-refractivity contribution in [1.82, 2.24) is 4.31 Å². The molecule has 0 atom stereocenters. The molecule has 0 saturated carbocycles. The van der Waals surface area contributed by atoms with E-state index in [1.54, 1.807) is 0 Å². The van der Waals surface area contributed by atoms with Crippen molar-refractivity contribution in [2.75, 3.05) is 24.7 Å². The fourth-order valence-electron chi connectivity index (χ4n) is 1.81. The van der Waals surface area contributed by atoms with Gasteiger partial charge in [0.2, 0.25) is 15.9 Å². The van der Waals surface area contributed by atoms with E-state index < -0.39 is 27.6 Å². The standard InChI is InChI=1S/C14H20F2N2O3S/c1-3-4-8-18(22(2,20)21)9-7-14(19)17-13-6-5-11(15)10-12(13)16/h5-6,10H,3-4,7-9H2,1-2H3,(H,17,19). The Morgan fingerprint density at radius 1 is 1.27 bits per heavy atom. The molecule has 0 aromatic heterocycles. The molecule has 124 valence electrons. The topological polar surface area (TPSA) is 66.5 Å². The molecule has 1 aromatic carbocycles. The minimum absolute atomic E-state index is 0.0213. The van der Waals surface area contributed by atoms with Gasteiger partial charge in [-0.05, 0) is 18.6 Å². The summed E-state index contributed by atoms with van der Waals surface area (Å²) in [6, 6.07) is 2.82. The third-order valence-electron chi connectivity index (χ3n) is 3.02. The predicted molar refractivity (Wildman–Crippen MR) is 80.9 cm³/mol. The number of nitrogens with zero attached hydrogens (tertiary/aromatic N) is 1. The van der Waals surface area contributed by atoms with E-state index in [4.69, 9.17) is 0 Å². The van der Waals surface area contributed by atoms with Gasteiger partial charge in [-0.25, -0.2) is 21.5 Å². The van der Waals surface area contributed by atoms with Crippen LogP contribution in [0.4, 0.5) is 14.5 Å². The quantitative estimate of drug-likeness (QED) is 0.793. The predicted octanol–water partition coefficient (Wildman–Crippen LogP) is 2.36. The van der Waals surface area contributed by atoms with Gasteiger partial charge in [-0.2, -0.15) is 0 Å². The summed E-state index contributed by atoms with van der Waals surface area (Å²) in [6.45, 7) is 2.30. The number of unbranched alkanes of at least 4 members (excludes halogenated alkanes) is 1. The Labute approximate surface area is 129 Å². The molecular formula is C14H20F2N2O3S. The molecule has 0 saturated heterocycles. The zero-order chi connectivity index (χ0) is 16.8. The molecule has 0 aliphatic rings. The maximum absolute atomic E-state index is 13.4. The van der Waals surface area contributed by atoms with Crippen LogP contribution < -0.4 is 5.32 Å². The number of hydrogen-bond donors (Lipinski definition) is 1. The number of rotatable bonds is 8. The number of carbonyl (C=O) groups is 1. The van der Waals surface area contributed by atoms with Gasteiger partial charge in [0, 0.05) is 25.6 Å². The Balaban J connectivity index is 2.60. The zero-order valence-corrected chi connectivity index (χ0v) is 13.4. The van der Waals surface area contributed by atoms with E-state index in [9.17, 15) is 22.0 Å². The SMILES string of the molecule is CCCCN(CCC(=O)Nc1ccc(F)cc1F)S(C)(=O)=O. The van der Waals surface area contributed by atoms with Crippen molar-refractivity contribution in [2.24, 2.45) is 0 Å². The van der Waals surface area contributed by atoms with Crippen LogP contribution in [0.5, 0.6) is 0 Å². The van der Waals surface area contributed by atoms with Gasteiger partial charge in [-0.15, -0.1) is 0 Å². The third kappa shape index (κ3) is 6.07. The van der Waals surface area contributed by atoms with E-state index in [0.29, 0.717) is 19.0 Å². The van der Waals surface area contributed by atoms with Crippen LogP contribution in [0.1, 0.15) is 26.2 Å². The molecule has 1 amide bonds. The molecule has 8 heteroatoms. The number of nitrogens with one attached hydrogen (secondary N) is 1. The van der Waals surface area contributed by atoms with Crippen molar-refractivity contribution in [3.63, 3.8) is 0 Å². The first-order chi connectivity index (χ1) is 10.2. The van der Waals surface area contributed by atoms with Crippen LogP contribution in [0.25, 0.3) is 0 Å². The van der Waals surface area contributed by atoms with Gasteiger partial charge in [0.05, 0.1) is 11.9 Å². The fraction of sp³-hybridized carbons (Fsp3) is 0.500. The van der Waals surface area contributed by atoms with Crippen molar-refractivity contribution in [3.05, 3.63) is 29.8 Å².